The van der Waals surface area contributed by atoms with Crippen LogP contribution in [0.3, 0.4) is 0 Å². The molecule has 0 aromatic heterocycles. The van der Waals surface area contributed by atoms with E-state index in [4.69, 9.17) is 16.3 Å². The summed E-state index contributed by atoms with van der Waals surface area (Å²) < 4.78 is 5.89. The molecule has 0 heterocycles. The Morgan fingerprint density at radius 1 is 1.00 bits per heavy atom. The van der Waals surface area contributed by atoms with E-state index in [2.05, 4.69) is 31.2 Å². The normalized spacial score (nSPS) is 10.5. The Kier molecular flexibility index (Phi) is 4.49. The number of ether oxygens (including phenoxy) is 1. The van der Waals surface area contributed by atoms with Crippen molar-refractivity contribution in [1.29, 1.82) is 0 Å². The van der Waals surface area contributed by atoms with Crippen molar-refractivity contribution < 1.29 is 4.74 Å². The first kappa shape index (κ1) is 14.0. The van der Waals surface area contributed by atoms with Crippen molar-refractivity contribution in [3.63, 3.8) is 0 Å². The van der Waals surface area contributed by atoms with E-state index in [1.165, 1.54) is 11.1 Å². The fourth-order valence-electron chi connectivity index (χ4n) is 2.19. The molecule has 0 fully saturated rings. The highest BCUT2D eigenvalue weighted by atomic mass is 35.5. The van der Waals surface area contributed by atoms with Crippen LogP contribution in [0.2, 0.25) is 5.02 Å². The Hall–Kier alpha value is -1.47. The summed E-state index contributed by atoms with van der Waals surface area (Å²) in [6, 6.07) is 12.4. The van der Waals surface area contributed by atoms with Crippen LogP contribution in [0.1, 0.15) is 29.2 Å². The molecule has 1 nitrogen and oxygen atoms in total. The third-order valence-corrected chi connectivity index (χ3v) is 3.90. The first-order valence-corrected chi connectivity index (χ1v) is 6.96. The molecular formula is C17H19ClO. The summed E-state index contributed by atoms with van der Waals surface area (Å²) in [5.41, 5.74) is 4.70. The highest BCUT2D eigenvalue weighted by molar-refractivity contribution is 6.32. The van der Waals surface area contributed by atoms with Crippen LogP contribution >= 0.6 is 11.6 Å². The van der Waals surface area contributed by atoms with Crippen molar-refractivity contribution in [2.45, 2.75) is 33.8 Å². The largest absolute Gasteiger partial charge is 0.489 e. The molecule has 0 bridgehead atoms. The van der Waals surface area contributed by atoms with Crippen molar-refractivity contribution in [1.82, 2.24) is 0 Å². The third-order valence-electron chi connectivity index (χ3n) is 3.30. The number of hydrogen-bond acceptors (Lipinski definition) is 1. The van der Waals surface area contributed by atoms with E-state index in [0.29, 0.717) is 6.61 Å². The van der Waals surface area contributed by atoms with Crippen molar-refractivity contribution in [3.8, 4) is 5.75 Å². The smallest absolute Gasteiger partial charge is 0.120 e. The van der Waals surface area contributed by atoms with Crippen LogP contribution in [0.4, 0.5) is 0 Å². The minimum absolute atomic E-state index is 0.602. The molecule has 0 radical (unpaired) electrons. The van der Waals surface area contributed by atoms with Crippen LogP contribution in [-0.4, -0.2) is 0 Å². The van der Waals surface area contributed by atoms with E-state index in [-0.39, 0.29) is 0 Å². The van der Waals surface area contributed by atoms with E-state index in [9.17, 15) is 0 Å². The van der Waals surface area contributed by atoms with Crippen LogP contribution in [0.5, 0.6) is 5.75 Å². The van der Waals surface area contributed by atoms with Gasteiger partial charge in [0.05, 0.1) is 0 Å². The van der Waals surface area contributed by atoms with Gasteiger partial charge >= 0.3 is 0 Å². The van der Waals surface area contributed by atoms with E-state index >= 15 is 0 Å². The van der Waals surface area contributed by atoms with E-state index in [0.717, 1.165) is 28.3 Å². The first-order chi connectivity index (χ1) is 9.11. The van der Waals surface area contributed by atoms with E-state index < -0.39 is 0 Å². The summed E-state index contributed by atoms with van der Waals surface area (Å²) in [7, 11) is 0. The van der Waals surface area contributed by atoms with Crippen molar-refractivity contribution in [2.75, 3.05) is 0 Å². The second-order valence-corrected chi connectivity index (χ2v) is 5.16. The molecule has 2 rings (SSSR count). The van der Waals surface area contributed by atoms with Crippen LogP contribution in [0.15, 0.2) is 36.4 Å². The number of aryl methyl sites for hydroxylation is 3. The van der Waals surface area contributed by atoms with Crippen molar-refractivity contribution in [3.05, 3.63) is 63.7 Å². The minimum atomic E-state index is 0.602. The van der Waals surface area contributed by atoms with Crippen LogP contribution in [-0.2, 0) is 13.0 Å². The summed E-state index contributed by atoms with van der Waals surface area (Å²) in [5.74, 6) is 0.880. The summed E-state index contributed by atoms with van der Waals surface area (Å²) >= 11 is 6.16. The highest BCUT2D eigenvalue weighted by Crippen LogP contribution is 2.26. The van der Waals surface area contributed by atoms with Gasteiger partial charge in [-0.25, -0.2) is 0 Å². The fourth-order valence-corrected chi connectivity index (χ4v) is 2.30. The van der Waals surface area contributed by atoms with Gasteiger partial charge in [-0.1, -0.05) is 42.8 Å². The molecule has 100 valence electrons. The molecule has 19 heavy (non-hydrogen) atoms. The lowest BCUT2D eigenvalue weighted by atomic mass is 10.1. The zero-order chi connectivity index (χ0) is 13.8. The zero-order valence-corrected chi connectivity index (χ0v) is 12.4. The standard InChI is InChI=1S/C17H19ClO/c1-4-14-7-5-6-8-15(14)11-19-16-9-12(2)17(18)13(3)10-16/h5-10H,4,11H2,1-3H3. The van der Waals surface area contributed by atoms with Gasteiger partial charge in [0.25, 0.3) is 0 Å². The molecule has 0 saturated carbocycles. The molecule has 2 aromatic carbocycles. The number of benzene rings is 2. The average Bonchev–Trinajstić information content (AvgIpc) is 2.42. The van der Waals surface area contributed by atoms with Gasteiger partial charge in [-0.2, -0.15) is 0 Å². The van der Waals surface area contributed by atoms with Gasteiger partial charge in [-0.3, -0.25) is 0 Å². The van der Waals surface area contributed by atoms with E-state index in [1.807, 2.05) is 26.0 Å². The molecule has 0 N–H and O–H groups in total. The second kappa shape index (κ2) is 6.12. The third kappa shape index (κ3) is 3.30. The van der Waals surface area contributed by atoms with Crippen LogP contribution in [0.25, 0.3) is 0 Å². The number of halogens is 1. The number of hydrogen-bond donors (Lipinski definition) is 0. The molecule has 0 spiro atoms. The van der Waals surface area contributed by atoms with Crippen molar-refractivity contribution >= 4 is 11.6 Å². The Balaban J connectivity index is 2.15. The Morgan fingerprint density at radius 3 is 2.16 bits per heavy atom. The van der Waals surface area contributed by atoms with Gasteiger partial charge in [0, 0.05) is 5.02 Å². The predicted octanol–water partition coefficient (Wildman–Crippen LogP) is 5.10. The maximum Gasteiger partial charge on any atom is 0.120 e. The minimum Gasteiger partial charge on any atom is -0.489 e. The zero-order valence-electron chi connectivity index (χ0n) is 11.7. The summed E-state index contributed by atoms with van der Waals surface area (Å²) in [6.45, 7) is 6.77. The van der Waals surface area contributed by atoms with Gasteiger partial charge in [0.2, 0.25) is 0 Å². The molecule has 0 aliphatic carbocycles. The molecule has 2 heteroatoms. The maximum absolute atomic E-state index is 6.16. The molecule has 2 aromatic rings. The summed E-state index contributed by atoms with van der Waals surface area (Å²) in [6.07, 6.45) is 1.03. The molecule has 0 amide bonds. The molecule has 0 atom stereocenters. The van der Waals surface area contributed by atoms with E-state index in [1.54, 1.807) is 0 Å². The number of rotatable bonds is 4. The summed E-state index contributed by atoms with van der Waals surface area (Å²) in [4.78, 5) is 0. The van der Waals surface area contributed by atoms with Gasteiger partial charge in [-0.05, 0) is 54.7 Å². The van der Waals surface area contributed by atoms with Crippen molar-refractivity contribution in [2.24, 2.45) is 0 Å². The SMILES string of the molecule is CCc1ccccc1COc1cc(C)c(Cl)c(C)c1. The molecule has 0 unspecified atom stereocenters. The monoisotopic (exact) mass is 274 g/mol. The first-order valence-electron chi connectivity index (χ1n) is 6.58. The van der Waals surface area contributed by atoms with Crippen LogP contribution in [0, 0.1) is 13.8 Å². The van der Waals surface area contributed by atoms with Gasteiger partial charge in [-0.15, -0.1) is 0 Å². The Morgan fingerprint density at radius 2 is 1.58 bits per heavy atom. The Labute approximate surface area is 120 Å². The Bertz CT molecular complexity index is 552. The van der Waals surface area contributed by atoms with Gasteiger partial charge in [0.1, 0.15) is 12.4 Å². The highest BCUT2D eigenvalue weighted by Gasteiger charge is 2.05. The lowest BCUT2D eigenvalue weighted by Gasteiger charge is -2.12. The molecule has 0 aliphatic heterocycles. The second-order valence-electron chi connectivity index (χ2n) is 4.78. The summed E-state index contributed by atoms with van der Waals surface area (Å²) in [5, 5.41) is 0.821. The van der Waals surface area contributed by atoms with Gasteiger partial charge < -0.3 is 4.74 Å². The lowest BCUT2D eigenvalue weighted by Crippen LogP contribution is -2.00. The molecular weight excluding hydrogens is 256 g/mol. The molecule has 0 aliphatic rings. The fraction of sp³-hybridized carbons (Fsp3) is 0.294. The average molecular weight is 275 g/mol. The van der Waals surface area contributed by atoms with Gasteiger partial charge in [0.15, 0.2) is 0 Å². The maximum atomic E-state index is 6.16. The van der Waals surface area contributed by atoms with Crippen LogP contribution < -0.4 is 4.74 Å². The lowest BCUT2D eigenvalue weighted by molar-refractivity contribution is 0.304. The quantitative estimate of drug-likeness (QED) is 0.754. The topological polar surface area (TPSA) is 9.23 Å². The predicted molar refractivity (Wildman–Crippen MR) is 81.1 cm³/mol. The molecule has 0 saturated heterocycles.